The van der Waals surface area contributed by atoms with Crippen LogP contribution >= 0.6 is 0 Å². The van der Waals surface area contributed by atoms with Crippen LogP contribution in [0.2, 0.25) is 0 Å². The van der Waals surface area contributed by atoms with E-state index in [0.29, 0.717) is 47.8 Å². The Balaban J connectivity index is 1.38. The number of piperazine rings is 1. The van der Waals surface area contributed by atoms with Gasteiger partial charge in [0.25, 0.3) is 0 Å². The molecule has 3 rings (SSSR count). The van der Waals surface area contributed by atoms with Crippen LogP contribution in [0.15, 0.2) is 0 Å². The molecule has 1 aliphatic heterocycles. The van der Waals surface area contributed by atoms with Crippen LogP contribution in [0.4, 0.5) is 0 Å². The molecule has 4 nitrogen and oxygen atoms in total. The first-order valence-corrected chi connectivity index (χ1v) is 9.47. The number of carbonyl (C=O) groups excluding carboxylic acids is 2. The zero-order chi connectivity index (χ0) is 16.6. The number of carbonyl (C=O) groups is 2. The lowest BCUT2D eigenvalue weighted by molar-refractivity contribution is -0.143. The van der Waals surface area contributed by atoms with Crippen molar-refractivity contribution >= 4 is 11.7 Å². The highest BCUT2D eigenvalue weighted by Crippen LogP contribution is 2.60. The molecule has 1 saturated heterocycles. The van der Waals surface area contributed by atoms with Gasteiger partial charge in [-0.3, -0.25) is 14.5 Å². The second-order valence-electron chi connectivity index (χ2n) is 8.50. The van der Waals surface area contributed by atoms with E-state index in [9.17, 15) is 9.59 Å². The molecule has 0 unspecified atom stereocenters. The topological polar surface area (TPSA) is 40.6 Å². The molecule has 0 atom stereocenters. The Hall–Kier alpha value is -0.900. The Morgan fingerprint density at radius 1 is 1.04 bits per heavy atom. The van der Waals surface area contributed by atoms with Crippen LogP contribution in [-0.4, -0.2) is 53.7 Å². The first kappa shape index (κ1) is 16.9. The molecule has 23 heavy (non-hydrogen) atoms. The predicted molar refractivity (Wildman–Crippen MR) is 91.1 cm³/mol. The van der Waals surface area contributed by atoms with Crippen molar-refractivity contribution in [3.05, 3.63) is 0 Å². The van der Waals surface area contributed by atoms with Crippen LogP contribution < -0.4 is 0 Å². The number of amides is 1. The lowest BCUT2D eigenvalue weighted by Crippen LogP contribution is -2.61. The van der Waals surface area contributed by atoms with Gasteiger partial charge in [0.2, 0.25) is 5.91 Å². The smallest absolute Gasteiger partial charge is 0.222 e. The highest BCUT2D eigenvalue weighted by molar-refractivity contribution is 5.81. The van der Waals surface area contributed by atoms with E-state index in [0.717, 1.165) is 39.0 Å². The summed E-state index contributed by atoms with van der Waals surface area (Å²) >= 11 is 0. The quantitative estimate of drug-likeness (QED) is 0.782. The van der Waals surface area contributed by atoms with Gasteiger partial charge in [-0.05, 0) is 37.0 Å². The van der Waals surface area contributed by atoms with E-state index >= 15 is 0 Å². The van der Waals surface area contributed by atoms with Crippen molar-refractivity contribution in [2.45, 2.75) is 65.3 Å². The summed E-state index contributed by atoms with van der Waals surface area (Å²) < 4.78 is 0. The molecule has 2 saturated carbocycles. The van der Waals surface area contributed by atoms with Gasteiger partial charge in [-0.15, -0.1) is 0 Å². The van der Waals surface area contributed by atoms with Crippen molar-refractivity contribution < 1.29 is 9.59 Å². The molecule has 2 aliphatic carbocycles. The van der Waals surface area contributed by atoms with Gasteiger partial charge in [0, 0.05) is 51.0 Å². The van der Waals surface area contributed by atoms with Crippen LogP contribution in [0.3, 0.4) is 0 Å². The van der Waals surface area contributed by atoms with E-state index in [4.69, 9.17) is 0 Å². The van der Waals surface area contributed by atoms with Gasteiger partial charge in [-0.1, -0.05) is 20.8 Å². The molecule has 130 valence electrons. The summed E-state index contributed by atoms with van der Waals surface area (Å²) in [5.41, 5.74) is 0.505. The maximum Gasteiger partial charge on any atom is 0.222 e. The van der Waals surface area contributed by atoms with E-state index in [-0.39, 0.29) is 0 Å². The lowest BCUT2D eigenvalue weighted by Gasteiger charge is -2.60. The minimum atomic E-state index is 0.324. The number of ketones is 1. The van der Waals surface area contributed by atoms with Gasteiger partial charge in [0.05, 0.1) is 0 Å². The number of nitrogens with zero attached hydrogens (tertiary/aromatic N) is 2. The van der Waals surface area contributed by atoms with Crippen molar-refractivity contribution in [3.63, 3.8) is 0 Å². The highest BCUT2D eigenvalue weighted by Gasteiger charge is 2.55. The summed E-state index contributed by atoms with van der Waals surface area (Å²) in [6.07, 6.45) is 6.23. The van der Waals surface area contributed by atoms with Crippen molar-refractivity contribution in [1.29, 1.82) is 0 Å². The van der Waals surface area contributed by atoms with Crippen molar-refractivity contribution in [2.24, 2.45) is 17.3 Å². The predicted octanol–water partition coefficient (Wildman–Crippen LogP) is 2.71. The second kappa shape index (κ2) is 6.54. The average molecular weight is 320 g/mol. The molecule has 3 fully saturated rings. The van der Waals surface area contributed by atoms with Gasteiger partial charge in [-0.2, -0.15) is 0 Å². The molecule has 0 bridgehead atoms. The minimum Gasteiger partial charge on any atom is -0.340 e. The van der Waals surface area contributed by atoms with Crippen LogP contribution in [0.5, 0.6) is 0 Å². The van der Waals surface area contributed by atoms with Crippen LogP contribution in [-0.2, 0) is 9.59 Å². The SMILES string of the molecule is CCC(=O)C1CC2(C1)CC(N1CCN(C(=O)CC(C)C)CC1)C2. The Morgan fingerprint density at radius 3 is 2.17 bits per heavy atom. The molecule has 0 N–H and O–H groups in total. The lowest BCUT2D eigenvalue weighted by atomic mass is 9.49. The molecule has 1 amide bonds. The maximum atomic E-state index is 12.1. The summed E-state index contributed by atoms with van der Waals surface area (Å²) in [5.74, 6) is 1.61. The Morgan fingerprint density at radius 2 is 1.65 bits per heavy atom. The highest BCUT2D eigenvalue weighted by atomic mass is 16.2. The van der Waals surface area contributed by atoms with Crippen molar-refractivity contribution in [3.8, 4) is 0 Å². The average Bonchev–Trinajstić information content (AvgIpc) is 2.43. The fourth-order valence-electron chi connectivity index (χ4n) is 4.85. The third kappa shape index (κ3) is 3.47. The van der Waals surface area contributed by atoms with Crippen molar-refractivity contribution in [1.82, 2.24) is 9.80 Å². The third-order valence-electron chi connectivity index (χ3n) is 6.27. The van der Waals surface area contributed by atoms with E-state index in [1.807, 2.05) is 11.8 Å². The standard InChI is InChI=1S/C19H32N2O2/c1-4-17(22)15-10-19(11-15)12-16(13-19)20-5-7-21(8-6-20)18(23)9-14(2)3/h14-16H,4-13H2,1-3H3. The second-order valence-corrected chi connectivity index (χ2v) is 8.50. The van der Waals surface area contributed by atoms with E-state index in [2.05, 4.69) is 18.7 Å². The molecule has 1 spiro atoms. The van der Waals surface area contributed by atoms with Crippen LogP contribution in [0.25, 0.3) is 0 Å². The van der Waals surface area contributed by atoms with Crippen molar-refractivity contribution in [2.75, 3.05) is 26.2 Å². The van der Waals surface area contributed by atoms with E-state index < -0.39 is 0 Å². The summed E-state index contributed by atoms with van der Waals surface area (Å²) in [7, 11) is 0. The summed E-state index contributed by atoms with van der Waals surface area (Å²) in [6.45, 7) is 10.0. The molecule has 4 heteroatoms. The monoisotopic (exact) mass is 320 g/mol. The number of Topliss-reactive ketones (excluding diaryl/α,β-unsaturated/α-hetero) is 1. The molecule has 1 heterocycles. The van der Waals surface area contributed by atoms with E-state index in [1.54, 1.807) is 0 Å². The van der Waals surface area contributed by atoms with E-state index in [1.165, 1.54) is 12.8 Å². The molecular weight excluding hydrogens is 288 g/mol. The zero-order valence-electron chi connectivity index (χ0n) is 15.0. The van der Waals surface area contributed by atoms with Gasteiger partial charge >= 0.3 is 0 Å². The number of hydrogen-bond donors (Lipinski definition) is 0. The summed E-state index contributed by atoms with van der Waals surface area (Å²) in [5, 5.41) is 0. The summed E-state index contributed by atoms with van der Waals surface area (Å²) in [6, 6.07) is 0.704. The Kier molecular flexibility index (Phi) is 4.82. The Labute approximate surface area is 140 Å². The molecule has 3 aliphatic rings. The molecule has 0 aromatic rings. The minimum absolute atomic E-state index is 0.324. The zero-order valence-corrected chi connectivity index (χ0v) is 15.0. The molecule has 0 radical (unpaired) electrons. The molecule has 0 aromatic heterocycles. The Bertz CT molecular complexity index is 452. The number of hydrogen-bond acceptors (Lipinski definition) is 3. The number of rotatable bonds is 5. The maximum absolute atomic E-state index is 12.1. The molecule has 0 aromatic carbocycles. The first-order valence-electron chi connectivity index (χ1n) is 9.47. The van der Waals surface area contributed by atoms with Gasteiger partial charge in [0.1, 0.15) is 5.78 Å². The van der Waals surface area contributed by atoms with Gasteiger partial charge in [0.15, 0.2) is 0 Å². The first-order chi connectivity index (χ1) is 10.9. The molecular formula is C19H32N2O2. The van der Waals surface area contributed by atoms with Crippen LogP contribution in [0, 0.1) is 17.3 Å². The van der Waals surface area contributed by atoms with Gasteiger partial charge in [-0.25, -0.2) is 0 Å². The normalized spacial score (nSPS) is 34.3. The van der Waals surface area contributed by atoms with Crippen LogP contribution in [0.1, 0.15) is 59.3 Å². The van der Waals surface area contributed by atoms with Gasteiger partial charge < -0.3 is 4.90 Å². The fraction of sp³-hybridized carbons (Fsp3) is 0.895. The summed E-state index contributed by atoms with van der Waals surface area (Å²) in [4.78, 5) is 28.5. The fourth-order valence-corrected chi connectivity index (χ4v) is 4.85. The largest absolute Gasteiger partial charge is 0.340 e. The third-order valence-corrected chi connectivity index (χ3v) is 6.27.